The van der Waals surface area contributed by atoms with Crippen molar-refractivity contribution in [3.05, 3.63) is 42.5 Å². The first-order valence-electron chi connectivity index (χ1n) is 7.79. The first kappa shape index (κ1) is 16.6. The molecule has 1 aliphatic heterocycles. The zero-order valence-corrected chi connectivity index (χ0v) is 13.8. The minimum Gasteiger partial charge on any atom is -0.497 e. The molecule has 0 aliphatic carbocycles. The van der Waals surface area contributed by atoms with Crippen LogP contribution < -0.4 is 4.74 Å². The van der Waals surface area contributed by atoms with Gasteiger partial charge in [0.05, 0.1) is 25.7 Å². The van der Waals surface area contributed by atoms with Gasteiger partial charge >= 0.3 is 0 Å². The molecule has 1 atom stereocenters. The van der Waals surface area contributed by atoms with Crippen molar-refractivity contribution in [2.45, 2.75) is 19.4 Å². The van der Waals surface area contributed by atoms with Gasteiger partial charge in [-0.3, -0.25) is 4.79 Å². The largest absolute Gasteiger partial charge is 0.497 e. The highest BCUT2D eigenvalue weighted by Crippen LogP contribution is 2.30. The number of carbonyl (C=O) groups is 1. The highest BCUT2D eigenvalue weighted by Gasteiger charge is 2.41. The van der Waals surface area contributed by atoms with Crippen LogP contribution in [0.25, 0.3) is 0 Å². The van der Waals surface area contributed by atoms with Crippen LogP contribution in [-0.2, 0) is 20.7 Å². The summed E-state index contributed by atoms with van der Waals surface area (Å²) in [5, 5.41) is 4.17. The molecule has 1 saturated heterocycles. The van der Waals surface area contributed by atoms with Crippen molar-refractivity contribution in [2.75, 3.05) is 27.1 Å². The van der Waals surface area contributed by atoms with E-state index in [-0.39, 0.29) is 12.6 Å². The molecule has 0 radical (unpaired) electrons. The number of carbonyl (C=O) groups excluding carboxylic acids is 1. The summed E-state index contributed by atoms with van der Waals surface area (Å²) < 4.78 is 17.5. The number of methoxy groups -OCH3 is 1. The molecule has 0 amide bonds. The lowest BCUT2D eigenvalue weighted by Crippen LogP contribution is -2.45. The summed E-state index contributed by atoms with van der Waals surface area (Å²) in [6.45, 7) is 2.79. The maximum absolute atomic E-state index is 13.2. The summed E-state index contributed by atoms with van der Waals surface area (Å²) >= 11 is 0. The fourth-order valence-corrected chi connectivity index (χ4v) is 2.85. The van der Waals surface area contributed by atoms with E-state index < -0.39 is 11.5 Å². The molecule has 0 bridgehead atoms. The van der Waals surface area contributed by atoms with Crippen molar-refractivity contribution in [3.63, 3.8) is 0 Å². The first-order chi connectivity index (χ1) is 11.6. The van der Waals surface area contributed by atoms with Gasteiger partial charge < -0.3 is 14.2 Å². The lowest BCUT2D eigenvalue weighted by Gasteiger charge is -2.34. The monoisotopic (exact) mass is 331 g/mol. The van der Waals surface area contributed by atoms with Crippen molar-refractivity contribution in [1.29, 1.82) is 0 Å². The predicted molar refractivity (Wildman–Crippen MR) is 85.6 cm³/mol. The summed E-state index contributed by atoms with van der Waals surface area (Å²) in [4.78, 5) is 17.2. The molecule has 2 heterocycles. The number of Topliss-reactive ketones (excluding diaryl/α,β-unsaturated/α-hetero) is 1. The van der Waals surface area contributed by atoms with Gasteiger partial charge in [0.25, 0.3) is 0 Å². The Bertz CT molecular complexity index is 664. The van der Waals surface area contributed by atoms with E-state index in [0.717, 1.165) is 11.3 Å². The maximum Gasteiger partial charge on any atom is 0.168 e. The Hall–Kier alpha value is -2.25. The van der Waals surface area contributed by atoms with Crippen molar-refractivity contribution in [1.82, 2.24) is 14.8 Å². The smallest absolute Gasteiger partial charge is 0.168 e. The SMILES string of the molecule is COc1ccc(CC(C(=O)C2(C)COCOC2)n2cncn2)cc1. The zero-order chi connectivity index (χ0) is 17.0. The minimum absolute atomic E-state index is 0.0310. The summed E-state index contributed by atoms with van der Waals surface area (Å²) in [5.74, 6) is 0.812. The summed E-state index contributed by atoms with van der Waals surface area (Å²) in [6, 6.07) is 7.20. The van der Waals surface area contributed by atoms with E-state index in [1.165, 1.54) is 6.33 Å². The molecule has 1 aromatic carbocycles. The van der Waals surface area contributed by atoms with Crippen molar-refractivity contribution >= 4 is 5.78 Å². The molecule has 1 aromatic heterocycles. The van der Waals surface area contributed by atoms with E-state index in [1.807, 2.05) is 31.2 Å². The van der Waals surface area contributed by atoms with Gasteiger partial charge in [0.2, 0.25) is 0 Å². The Morgan fingerprint density at radius 1 is 1.33 bits per heavy atom. The quantitative estimate of drug-likeness (QED) is 0.801. The van der Waals surface area contributed by atoms with Crippen molar-refractivity contribution < 1.29 is 19.0 Å². The second kappa shape index (κ2) is 7.11. The third-order valence-electron chi connectivity index (χ3n) is 4.25. The van der Waals surface area contributed by atoms with Gasteiger partial charge in [-0.05, 0) is 24.6 Å². The number of hydrogen-bond donors (Lipinski definition) is 0. The molecule has 1 aliphatic rings. The Balaban J connectivity index is 1.84. The highest BCUT2D eigenvalue weighted by molar-refractivity contribution is 5.88. The van der Waals surface area contributed by atoms with E-state index in [1.54, 1.807) is 18.1 Å². The van der Waals surface area contributed by atoms with Crippen LogP contribution in [0.15, 0.2) is 36.9 Å². The molecule has 2 aromatic rings. The van der Waals surface area contributed by atoms with Gasteiger partial charge in [0.1, 0.15) is 31.2 Å². The van der Waals surface area contributed by atoms with Crippen LogP contribution in [-0.4, -0.2) is 47.7 Å². The second-order valence-corrected chi connectivity index (χ2v) is 6.18. The third kappa shape index (κ3) is 3.47. The number of ketones is 1. The molecule has 1 unspecified atom stereocenters. The van der Waals surface area contributed by atoms with Crippen LogP contribution >= 0.6 is 0 Å². The van der Waals surface area contributed by atoms with Gasteiger partial charge in [-0.1, -0.05) is 12.1 Å². The lowest BCUT2D eigenvalue weighted by molar-refractivity contribution is -0.174. The minimum atomic E-state index is -0.693. The Labute approximate surface area is 140 Å². The normalized spacial score (nSPS) is 18.1. The average Bonchev–Trinajstić information content (AvgIpc) is 3.14. The van der Waals surface area contributed by atoms with Crippen LogP contribution in [0, 0.1) is 5.41 Å². The molecule has 0 N–H and O–H groups in total. The number of ether oxygens (including phenoxy) is 3. The Morgan fingerprint density at radius 3 is 2.62 bits per heavy atom. The van der Waals surface area contributed by atoms with Gasteiger partial charge in [-0.25, -0.2) is 9.67 Å². The molecule has 0 saturated carbocycles. The molecule has 7 heteroatoms. The summed E-state index contributed by atoms with van der Waals surface area (Å²) in [7, 11) is 1.63. The van der Waals surface area contributed by atoms with Gasteiger partial charge in [0.15, 0.2) is 5.78 Å². The van der Waals surface area contributed by atoms with Crippen molar-refractivity contribution in [3.8, 4) is 5.75 Å². The van der Waals surface area contributed by atoms with E-state index in [2.05, 4.69) is 10.1 Å². The number of nitrogens with zero attached hydrogens (tertiary/aromatic N) is 3. The van der Waals surface area contributed by atoms with Crippen LogP contribution in [0.1, 0.15) is 18.5 Å². The summed E-state index contributed by atoms with van der Waals surface area (Å²) in [5.41, 5.74) is 0.326. The number of aromatic nitrogens is 3. The molecular weight excluding hydrogens is 310 g/mol. The van der Waals surface area contributed by atoms with Gasteiger partial charge in [0, 0.05) is 6.42 Å². The second-order valence-electron chi connectivity index (χ2n) is 6.18. The topological polar surface area (TPSA) is 75.5 Å². The Kier molecular flexibility index (Phi) is 4.92. The van der Waals surface area contributed by atoms with Gasteiger partial charge in [-0.2, -0.15) is 5.10 Å². The maximum atomic E-state index is 13.2. The molecule has 0 spiro atoms. The molecule has 3 rings (SSSR count). The zero-order valence-electron chi connectivity index (χ0n) is 13.8. The van der Waals surface area contributed by atoms with Crippen LogP contribution in [0.5, 0.6) is 5.75 Å². The summed E-state index contributed by atoms with van der Waals surface area (Å²) in [6.07, 6.45) is 3.52. The van der Waals surface area contributed by atoms with Crippen molar-refractivity contribution in [2.24, 2.45) is 5.41 Å². The third-order valence-corrected chi connectivity index (χ3v) is 4.25. The van der Waals surface area contributed by atoms with Crippen LogP contribution in [0.3, 0.4) is 0 Å². The van der Waals surface area contributed by atoms with E-state index in [4.69, 9.17) is 14.2 Å². The fourth-order valence-electron chi connectivity index (χ4n) is 2.85. The van der Waals surface area contributed by atoms with Gasteiger partial charge in [-0.15, -0.1) is 0 Å². The number of benzene rings is 1. The molecular formula is C17H21N3O4. The van der Waals surface area contributed by atoms with Crippen LogP contribution in [0.4, 0.5) is 0 Å². The molecule has 24 heavy (non-hydrogen) atoms. The Morgan fingerprint density at radius 2 is 2.04 bits per heavy atom. The number of hydrogen-bond acceptors (Lipinski definition) is 6. The molecule has 128 valence electrons. The number of rotatable bonds is 6. The van der Waals surface area contributed by atoms with E-state index in [9.17, 15) is 4.79 Å². The van der Waals surface area contributed by atoms with E-state index >= 15 is 0 Å². The average molecular weight is 331 g/mol. The fraction of sp³-hybridized carbons (Fsp3) is 0.471. The molecule has 1 fully saturated rings. The van der Waals surface area contributed by atoms with Crippen LogP contribution in [0.2, 0.25) is 0 Å². The van der Waals surface area contributed by atoms with E-state index in [0.29, 0.717) is 19.6 Å². The molecule has 7 nitrogen and oxygen atoms in total. The highest BCUT2D eigenvalue weighted by atomic mass is 16.7. The predicted octanol–water partition coefficient (Wildman–Crippen LogP) is 1.65. The standard InChI is InChI=1S/C17H21N3O4/c1-17(8-23-12-24-9-17)16(21)15(20-11-18-10-19-20)7-13-3-5-14(22-2)6-4-13/h3-6,10-11,15H,7-9,12H2,1-2H3. The first-order valence-corrected chi connectivity index (χ1v) is 7.79. The lowest BCUT2D eigenvalue weighted by atomic mass is 9.81.